The maximum atomic E-state index is 5.79. The van der Waals surface area contributed by atoms with Gasteiger partial charge < -0.3 is 15.5 Å². The van der Waals surface area contributed by atoms with Crippen LogP contribution in [0.15, 0.2) is 18.2 Å². The zero-order valence-electron chi connectivity index (χ0n) is 10.5. The molecule has 1 aromatic carbocycles. The maximum Gasteiger partial charge on any atom is 0.0503 e. The van der Waals surface area contributed by atoms with Crippen LogP contribution in [0.3, 0.4) is 0 Å². The molecule has 1 aromatic rings. The van der Waals surface area contributed by atoms with Crippen molar-refractivity contribution in [1.82, 2.24) is 4.90 Å². The van der Waals surface area contributed by atoms with Gasteiger partial charge >= 0.3 is 0 Å². The van der Waals surface area contributed by atoms with E-state index in [1.165, 1.54) is 35.2 Å². The molecule has 0 spiro atoms. The highest BCUT2D eigenvalue weighted by atomic mass is 127. The molecule has 1 aliphatic heterocycles. The molecule has 2 rings (SSSR count). The Balaban J connectivity index is 2.11. The van der Waals surface area contributed by atoms with Gasteiger partial charge in [0.15, 0.2) is 0 Å². The SMILES string of the molecule is CN1CCC(N(C)c2ccc(N)cc2I)CC1. The highest BCUT2D eigenvalue weighted by Gasteiger charge is 2.21. The van der Waals surface area contributed by atoms with Crippen molar-refractivity contribution in [3.63, 3.8) is 0 Å². The molecule has 0 bridgehead atoms. The van der Waals surface area contributed by atoms with Crippen molar-refractivity contribution in [1.29, 1.82) is 0 Å². The van der Waals surface area contributed by atoms with Crippen LogP contribution >= 0.6 is 22.6 Å². The van der Waals surface area contributed by atoms with E-state index in [2.05, 4.69) is 52.6 Å². The maximum absolute atomic E-state index is 5.79. The van der Waals surface area contributed by atoms with Crippen molar-refractivity contribution in [3.05, 3.63) is 21.8 Å². The highest BCUT2D eigenvalue weighted by molar-refractivity contribution is 14.1. The van der Waals surface area contributed by atoms with Gasteiger partial charge in [0.05, 0.1) is 5.69 Å². The van der Waals surface area contributed by atoms with Crippen LogP contribution in [0.2, 0.25) is 0 Å². The van der Waals surface area contributed by atoms with Crippen LogP contribution in [0.1, 0.15) is 12.8 Å². The quantitative estimate of drug-likeness (QED) is 0.660. The Morgan fingerprint density at radius 2 is 2.00 bits per heavy atom. The number of nitrogens with zero attached hydrogens (tertiary/aromatic N) is 2. The number of rotatable bonds is 2. The molecule has 0 aliphatic carbocycles. The molecule has 17 heavy (non-hydrogen) atoms. The summed E-state index contributed by atoms with van der Waals surface area (Å²) in [7, 11) is 4.40. The van der Waals surface area contributed by atoms with E-state index < -0.39 is 0 Å². The monoisotopic (exact) mass is 345 g/mol. The van der Waals surface area contributed by atoms with Gasteiger partial charge in [-0.3, -0.25) is 0 Å². The van der Waals surface area contributed by atoms with Crippen molar-refractivity contribution < 1.29 is 0 Å². The van der Waals surface area contributed by atoms with Crippen LogP contribution in [0, 0.1) is 3.57 Å². The standard InChI is InChI=1S/C13H20IN3/c1-16-7-5-11(6-8-16)17(2)13-4-3-10(15)9-12(13)14/h3-4,9,11H,5-8,15H2,1-2H3. The topological polar surface area (TPSA) is 32.5 Å². The second kappa shape index (κ2) is 5.44. The summed E-state index contributed by atoms with van der Waals surface area (Å²) >= 11 is 2.37. The van der Waals surface area contributed by atoms with E-state index in [0.29, 0.717) is 6.04 Å². The zero-order chi connectivity index (χ0) is 12.4. The third-order valence-corrected chi connectivity index (χ3v) is 4.45. The Labute approximate surface area is 117 Å². The summed E-state index contributed by atoms with van der Waals surface area (Å²) in [5.74, 6) is 0. The average Bonchev–Trinajstić information content (AvgIpc) is 2.29. The van der Waals surface area contributed by atoms with Gasteiger partial charge in [-0.1, -0.05) is 0 Å². The number of nitrogen functional groups attached to an aromatic ring is 1. The normalized spacial score (nSPS) is 18.3. The average molecular weight is 345 g/mol. The molecule has 0 unspecified atom stereocenters. The number of anilines is 2. The van der Waals surface area contributed by atoms with Crippen molar-refractivity contribution >= 4 is 34.0 Å². The molecule has 94 valence electrons. The predicted octanol–water partition coefficient (Wildman–Crippen LogP) is 2.40. The number of benzene rings is 1. The third kappa shape index (κ3) is 3.04. The Morgan fingerprint density at radius 1 is 1.35 bits per heavy atom. The van der Waals surface area contributed by atoms with Crippen LogP contribution in [-0.4, -0.2) is 38.1 Å². The first kappa shape index (κ1) is 13.0. The second-order valence-electron chi connectivity index (χ2n) is 4.86. The van der Waals surface area contributed by atoms with E-state index in [1.807, 2.05) is 12.1 Å². The van der Waals surface area contributed by atoms with E-state index in [-0.39, 0.29) is 0 Å². The molecule has 3 nitrogen and oxygen atoms in total. The molecule has 1 aliphatic rings. The Bertz CT molecular complexity index is 386. The predicted molar refractivity (Wildman–Crippen MR) is 82.5 cm³/mol. The summed E-state index contributed by atoms with van der Waals surface area (Å²) in [5.41, 5.74) is 7.94. The Morgan fingerprint density at radius 3 is 2.59 bits per heavy atom. The first-order chi connectivity index (χ1) is 8.08. The Hall–Kier alpha value is -0.490. The number of nitrogens with two attached hydrogens (primary N) is 1. The van der Waals surface area contributed by atoms with E-state index in [0.717, 1.165) is 5.69 Å². The fourth-order valence-electron chi connectivity index (χ4n) is 2.39. The molecule has 0 atom stereocenters. The van der Waals surface area contributed by atoms with Crippen LogP contribution in [0.5, 0.6) is 0 Å². The number of piperidine rings is 1. The first-order valence-corrected chi connectivity index (χ1v) is 7.12. The smallest absolute Gasteiger partial charge is 0.0503 e. The third-order valence-electron chi connectivity index (χ3n) is 3.59. The number of hydrogen-bond acceptors (Lipinski definition) is 3. The van der Waals surface area contributed by atoms with Gasteiger partial charge in [-0.2, -0.15) is 0 Å². The van der Waals surface area contributed by atoms with Crippen molar-refractivity contribution in [2.75, 3.05) is 37.8 Å². The van der Waals surface area contributed by atoms with Crippen LogP contribution in [-0.2, 0) is 0 Å². The van der Waals surface area contributed by atoms with Crippen molar-refractivity contribution in [2.24, 2.45) is 0 Å². The minimum absolute atomic E-state index is 0.656. The van der Waals surface area contributed by atoms with Crippen LogP contribution < -0.4 is 10.6 Å². The molecule has 1 fully saturated rings. The molecular formula is C13H20IN3. The van der Waals surface area contributed by atoms with Crippen LogP contribution in [0.25, 0.3) is 0 Å². The minimum Gasteiger partial charge on any atom is -0.399 e. The lowest BCUT2D eigenvalue weighted by Gasteiger charge is -2.36. The van der Waals surface area contributed by atoms with Gasteiger partial charge in [0.1, 0.15) is 0 Å². The summed E-state index contributed by atoms with van der Waals surface area (Å²) in [6.07, 6.45) is 2.49. The highest BCUT2D eigenvalue weighted by Crippen LogP contribution is 2.27. The first-order valence-electron chi connectivity index (χ1n) is 6.04. The van der Waals surface area contributed by atoms with Crippen molar-refractivity contribution in [2.45, 2.75) is 18.9 Å². The Kier molecular flexibility index (Phi) is 4.14. The van der Waals surface area contributed by atoms with Gasteiger partial charge in [-0.25, -0.2) is 0 Å². The van der Waals surface area contributed by atoms with E-state index >= 15 is 0 Å². The fourth-order valence-corrected chi connectivity index (χ4v) is 3.31. The van der Waals surface area contributed by atoms with E-state index in [4.69, 9.17) is 5.73 Å². The summed E-state index contributed by atoms with van der Waals surface area (Å²) in [4.78, 5) is 4.81. The summed E-state index contributed by atoms with van der Waals surface area (Å²) in [5, 5.41) is 0. The molecule has 4 heteroatoms. The molecule has 0 aromatic heterocycles. The molecule has 0 saturated carbocycles. The molecule has 0 radical (unpaired) electrons. The number of halogens is 1. The molecule has 2 N–H and O–H groups in total. The minimum atomic E-state index is 0.656. The zero-order valence-corrected chi connectivity index (χ0v) is 12.6. The van der Waals surface area contributed by atoms with Gasteiger partial charge in [-0.05, 0) is 73.8 Å². The van der Waals surface area contributed by atoms with E-state index in [1.54, 1.807) is 0 Å². The van der Waals surface area contributed by atoms with Crippen LogP contribution in [0.4, 0.5) is 11.4 Å². The number of hydrogen-bond donors (Lipinski definition) is 1. The second-order valence-corrected chi connectivity index (χ2v) is 6.02. The summed E-state index contributed by atoms with van der Waals surface area (Å²) < 4.78 is 1.24. The van der Waals surface area contributed by atoms with Gasteiger partial charge in [0.25, 0.3) is 0 Å². The van der Waals surface area contributed by atoms with Gasteiger partial charge in [-0.15, -0.1) is 0 Å². The van der Waals surface area contributed by atoms with Gasteiger partial charge in [0.2, 0.25) is 0 Å². The summed E-state index contributed by atoms with van der Waals surface area (Å²) in [6, 6.07) is 6.82. The van der Waals surface area contributed by atoms with Gasteiger partial charge in [0, 0.05) is 22.3 Å². The largest absolute Gasteiger partial charge is 0.399 e. The lowest BCUT2D eigenvalue weighted by Crippen LogP contribution is -2.42. The lowest BCUT2D eigenvalue weighted by molar-refractivity contribution is 0.253. The molecule has 1 heterocycles. The number of likely N-dealkylation sites (tertiary alicyclic amines) is 1. The molecule has 0 amide bonds. The summed E-state index contributed by atoms with van der Waals surface area (Å²) in [6.45, 7) is 2.39. The fraction of sp³-hybridized carbons (Fsp3) is 0.538. The molecular weight excluding hydrogens is 325 g/mol. The lowest BCUT2D eigenvalue weighted by atomic mass is 10.0. The van der Waals surface area contributed by atoms with E-state index in [9.17, 15) is 0 Å². The molecule has 1 saturated heterocycles. The van der Waals surface area contributed by atoms with Crippen molar-refractivity contribution in [3.8, 4) is 0 Å².